The maximum Gasteiger partial charge on any atom is 0.319 e. The fourth-order valence-corrected chi connectivity index (χ4v) is 3.24. The normalized spacial score (nSPS) is 16.0. The standard InChI is InChI=1S/C21H22ClN3O4/c1-4-29-16-10-5-13(11-17(16)28-3)19-18(12(2)23-21(27)25-19)20(26)24-15-8-6-14(22)7-9-15/h5-11,19H,4H2,1-3H3,(H,24,26)(H2,23,25,27)/t19-/m1/s1. The van der Waals surface area contributed by atoms with Gasteiger partial charge in [-0.2, -0.15) is 0 Å². The Hall–Kier alpha value is -3.19. The number of amides is 3. The number of anilines is 1. The highest BCUT2D eigenvalue weighted by Crippen LogP contribution is 2.34. The molecule has 7 nitrogen and oxygen atoms in total. The minimum atomic E-state index is -0.652. The van der Waals surface area contributed by atoms with Crippen LogP contribution in [-0.4, -0.2) is 25.7 Å². The highest BCUT2D eigenvalue weighted by molar-refractivity contribution is 6.30. The first-order chi connectivity index (χ1) is 13.9. The predicted molar refractivity (Wildman–Crippen MR) is 111 cm³/mol. The van der Waals surface area contributed by atoms with E-state index in [0.29, 0.717) is 45.6 Å². The molecule has 2 aromatic carbocycles. The van der Waals surface area contributed by atoms with Crippen molar-refractivity contribution >= 4 is 29.2 Å². The maximum absolute atomic E-state index is 13.0. The highest BCUT2D eigenvalue weighted by atomic mass is 35.5. The monoisotopic (exact) mass is 415 g/mol. The van der Waals surface area contributed by atoms with Gasteiger partial charge in [0, 0.05) is 16.4 Å². The Kier molecular flexibility index (Phi) is 6.29. The maximum atomic E-state index is 13.0. The molecule has 3 amide bonds. The number of allylic oxidation sites excluding steroid dienone is 1. The molecule has 1 aliphatic rings. The number of carbonyl (C=O) groups is 2. The van der Waals surface area contributed by atoms with Crippen molar-refractivity contribution in [1.29, 1.82) is 0 Å². The Balaban J connectivity index is 1.95. The van der Waals surface area contributed by atoms with Crippen molar-refractivity contribution in [1.82, 2.24) is 10.6 Å². The fraction of sp³-hybridized carbons (Fsp3) is 0.238. The number of benzene rings is 2. The van der Waals surface area contributed by atoms with Gasteiger partial charge in [-0.25, -0.2) is 4.79 Å². The van der Waals surface area contributed by atoms with Gasteiger partial charge < -0.3 is 25.4 Å². The van der Waals surface area contributed by atoms with Crippen LogP contribution in [0, 0.1) is 0 Å². The summed E-state index contributed by atoms with van der Waals surface area (Å²) in [5, 5.41) is 8.88. The lowest BCUT2D eigenvalue weighted by atomic mass is 9.94. The molecule has 0 unspecified atom stereocenters. The summed E-state index contributed by atoms with van der Waals surface area (Å²) < 4.78 is 11.0. The van der Waals surface area contributed by atoms with E-state index in [9.17, 15) is 9.59 Å². The summed E-state index contributed by atoms with van der Waals surface area (Å²) >= 11 is 5.90. The lowest BCUT2D eigenvalue weighted by Gasteiger charge is -2.29. The van der Waals surface area contributed by atoms with E-state index < -0.39 is 6.04 Å². The molecule has 29 heavy (non-hydrogen) atoms. The number of hydrogen-bond acceptors (Lipinski definition) is 4. The third-order valence-corrected chi connectivity index (χ3v) is 4.69. The summed E-state index contributed by atoms with van der Waals surface area (Å²) in [5.74, 6) is 0.772. The SMILES string of the molecule is CCOc1ccc([C@H]2NC(=O)NC(C)=C2C(=O)Nc2ccc(Cl)cc2)cc1OC. The van der Waals surface area contributed by atoms with Crippen molar-refractivity contribution in [3.63, 3.8) is 0 Å². The largest absolute Gasteiger partial charge is 0.493 e. The van der Waals surface area contributed by atoms with Gasteiger partial charge in [-0.1, -0.05) is 17.7 Å². The molecule has 152 valence electrons. The summed E-state index contributed by atoms with van der Waals surface area (Å²) in [6.07, 6.45) is 0. The van der Waals surface area contributed by atoms with E-state index in [1.165, 1.54) is 7.11 Å². The third-order valence-electron chi connectivity index (χ3n) is 4.44. The lowest BCUT2D eigenvalue weighted by Crippen LogP contribution is -2.45. The number of urea groups is 1. The Morgan fingerprint density at radius 1 is 1.17 bits per heavy atom. The van der Waals surface area contributed by atoms with Gasteiger partial charge in [-0.15, -0.1) is 0 Å². The van der Waals surface area contributed by atoms with Crippen LogP contribution in [-0.2, 0) is 4.79 Å². The number of hydrogen-bond donors (Lipinski definition) is 3. The van der Waals surface area contributed by atoms with E-state index in [1.807, 2.05) is 6.92 Å². The molecule has 0 aromatic heterocycles. The van der Waals surface area contributed by atoms with Gasteiger partial charge in [0.2, 0.25) is 0 Å². The summed E-state index contributed by atoms with van der Waals surface area (Å²) in [6.45, 7) is 4.06. The van der Waals surface area contributed by atoms with E-state index in [-0.39, 0.29) is 11.9 Å². The van der Waals surface area contributed by atoms with E-state index >= 15 is 0 Å². The van der Waals surface area contributed by atoms with Gasteiger partial charge in [0.15, 0.2) is 11.5 Å². The number of halogens is 1. The zero-order valence-electron chi connectivity index (χ0n) is 16.3. The molecule has 0 spiro atoms. The van der Waals surface area contributed by atoms with Crippen LogP contribution in [0.5, 0.6) is 11.5 Å². The molecule has 0 radical (unpaired) electrons. The highest BCUT2D eigenvalue weighted by Gasteiger charge is 2.31. The van der Waals surface area contributed by atoms with Crippen molar-refractivity contribution in [3.8, 4) is 11.5 Å². The number of nitrogens with one attached hydrogen (secondary N) is 3. The first kappa shape index (κ1) is 20.5. The van der Waals surface area contributed by atoms with Crippen LogP contribution in [0.2, 0.25) is 5.02 Å². The summed E-state index contributed by atoms with van der Waals surface area (Å²) in [6, 6.07) is 11.1. The Bertz CT molecular complexity index is 957. The van der Waals surface area contributed by atoms with Crippen molar-refractivity contribution in [2.24, 2.45) is 0 Å². The average molecular weight is 416 g/mol. The second-order valence-corrected chi connectivity index (χ2v) is 6.81. The zero-order valence-corrected chi connectivity index (χ0v) is 17.1. The van der Waals surface area contributed by atoms with Crippen LogP contribution in [0.15, 0.2) is 53.7 Å². The van der Waals surface area contributed by atoms with Crippen LogP contribution in [0.25, 0.3) is 0 Å². The minimum Gasteiger partial charge on any atom is -0.493 e. The second kappa shape index (κ2) is 8.87. The minimum absolute atomic E-state index is 0.338. The van der Waals surface area contributed by atoms with Crippen molar-refractivity contribution < 1.29 is 19.1 Å². The van der Waals surface area contributed by atoms with Gasteiger partial charge in [-0.3, -0.25) is 4.79 Å². The predicted octanol–water partition coefficient (Wildman–Crippen LogP) is 4.01. The van der Waals surface area contributed by atoms with Crippen LogP contribution in [0.1, 0.15) is 25.5 Å². The van der Waals surface area contributed by atoms with Crippen LogP contribution < -0.4 is 25.4 Å². The molecule has 2 aromatic rings. The van der Waals surface area contributed by atoms with Crippen LogP contribution >= 0.6 is 11.6 Å². The zero-order chi connectivity index (χ0) is 21.0. The second-order valence-electron chi connectivity index (χ2n) is 6.37. The smallest absolute Gasteiger partial charge is 0.319 e. The Morgan fingerprint density at radius 3 is 2.55 bits per heavy atom. The molecule has 8 heteroatoms. The molecular weight excluding hydrogens is 394 g/mol. The molecule has 1 heterocycles. The third kappa shape index (κ3) is 4.63. The quantitative estimate of drug-likeness (QED) is 0.665. The topological polar surface area (TPSA) is 88.7 Å². The lowest BCUT2D eigenvalue weighted by molar-refractivity contribution is -0.113. The first-order valence-corrected chi connectivity index (χ1v) is 9.46. The Morgan fingerprint density at radius 2 is 1.90 bits per heavy atom. The van der Waals surface area contributed by atoms with Gasteiger partial charge in [-0.05, 0) is 55.8 Å². The molecule has 0 fully saturated rings. The molecule has 0 saturated heterocycles. The van der Waals surface area contributed by atoms with Crippen LogP contribution in [0.4, 0.5) is 10.5 Å². The van der Waals surface area contributed by atoms with Gasteiger partial charge in [0.05, 0.1) is 25.3 Å². The molecule has 0 aliphatic carbocycles. The molecule has 3 rings (SSSR count). The van der Waals surface area contributed by atoms with Crippen molar-refractivity contribution in [2.75, 3.05) is 19.0 Å². The molecule has 0 saturated carbocycles. The van der Waals surface area contributed by atoms with E-state index in [1.54, 1.807) is 49.4 Å². The van der Waals surface area contributed by atoms with Crippen molar-refractivity contribution in [2.45, 2.75) is 19.9 Å². The molecule has 1 aliphatic heterocycles. The summed E-state index contributed by atoms with van der Waals surface area (Å²) in [4.78, 5) is 25.1. The molecule has 1 atom stereocenters. The summed E-state index contributed by atoms with van der Waals surface area (Å²) in [5.41, 5.74) is 2.16. The van der Waals surface area contributed by atoms with Gasteiger partial charge in [0.1, 0.15) is 0 Å². The number of ether oxygens (including phenoxy) is 2. The molecular formula is C21H22ClN3O4. The van der Waals surface area contributed by atoms with Crippen molar-refractivity contribution in [3.05, 3.63) is 64.3 Å². The Labute approximate surface area is 174 Å². The number of carbonyl (C=O) groups excluding carboxylic acids is 2. The number of methoxy groups -OCH3 is 1. The van der Waals surface area contributed by atoms with E-state index in [4.69, 9.17) is 21.1 Å². The first-order valence-electron chi connectivity index (χ1n) is 9.08. The van der Waals surface area contributed by atoms with Gasteiger partial charge in [0.25, 0.3) is 5.91 Å². The van der Waals surface area contributed by atoms with E-state index in [2.05, 4.69) is 16.0 Å². The van der Waals surface area contributed by atoms with E-state index in [0.717, 1.165) is 0 Å². The molecule has 3 N–H and O–H groups in total. The summed E-state index contributed by atoms with van der Waals surface area (Å²) in [7, 11) is 1.54. The average Bonchev–Trinajstić information content (AvgIpc) is 2.69. The van der Waals surface area contributed by atoms with Gasteiger partial charge >= 0.3 is 6.03 Å². The molecule has 0 bridgehead atoms. The number of rotatable bonds is 6. The van der Waals surface area contributed by atoms with Crippen LogP contribution in [0.3, 0.4) is 0 Å². The fourth-order valence-electron chi connectivity index (χ4n) is 3.12.